The van der Waals surface area contributed by atoms with Crippen molar-refractivity contribution >= 4 is 16.8 Å². The lowest BCUT2D eigenvalue weighted by atomic mass is 10.2. The summed E-state index contributed by atoms with van der Waals surface area (Å²) in [6.45, 7) is 0. The fraction of sp³-hybridized carbons (Fsp3) is 0.222. The summed E-state index contributed by atoms with van der Waals surface area (Å²) >= 11 is 1.61. The molecule has 0 aliphatic heterocycles. The molecule has 11 heavy (non-hydrogen) atoms. The van der Waals surface area contributed by atoms with Crippen molar-refractivity contribution in [1.29, 1.82) is 0 Å². The Morgan fingerprint density at radius 1 is 1.36 bits per heavy atom. The molecule has 1 aromatic rings. The van der Waals surface area contributed by atoms with Gasteiger partial charge in [0.2, 0.25) is 5.04 Å². The first-order valence-corrected chi connectivity index (χ1v) is 4.74. The summed E-state index contributed by atoms with van der Waals surface area (Å²) in [6.07, 6.45) is 2.88. The minimum atomic E-state index is 0.877. The molecule has 0 bridgehead atoms. The third kappa shape index (κ3) is 2.76. The average Bonchev–Trinajstić information content (AvgIpc) is 2.06. The van der Waals surface area contributed by atoms with E-state index in [0.717, 1.165) is 11.5 Å². The molecule has 0 spiro atoms. The molecule has 2 heteroatoms. The van der Waals surface area contributed by atoms with Crippen LogP contribution in [0.2, 0.25) is 0 Å². The standard InChI is InChI=1S/C9H11NS/c1-11-9(10)7-8-5-3-2-4-6-8/h2-6,10H,7H2,1H3/p+1. The molecule has 58 valence electrons. The first kappa shape index (κ1) is 8.34. The van der Waals surface area contributed by atoms with Gasteiger partial charge in [0.05, 0.1) is 6.42 Å². The fourth-order valence-electron chi connectivity index (χ4n) is 0.869. The van der Waals surface area contributed by atoms with E-state index in [1.807, 2.05) is 24.5 Å². The van der Waals surface area contributed by atoms with Crippen LogP contribution in [0, 0.1) is 0 Å². The van der Waals surface area contributed by atoms with Crippen LogP contribution in [0.3, 0.4) is 0 Å². The lowest BCUT2D eigenvalue weighted by Crippen LogP contribution is -2.38. The van der Waals surface area contributed by atoms with Crippen molar-refractivity contribution in [3.8, 4) is 0 Å². The summed E-state index contributed by atoms with van der Waals surface area (Å²) in [5.41, 5.74) is 1.28. The Kier molecular flexibility index (Phi) is 3.17. The number of rotatable bonds is 2. The van der Waals surface area contributed by atoms with Gasteiger partial charge in [0, 0.05) is 0 Å². The summed E-state index contributed by atoms with van der Waals surface area (Å²) < 4.78 is 0. The van der Waals surface area contributed by atoms with Crippen LogP contribution in [0.15, 0.2) is 30.3 Å². The molecule has 0 aromatic heterocycles. The topological polar surface area (TPSA) is 25.6 Å². The van der Waals surface area contributed by atoms with Gasteiger partial charge >= 0.3 is 0 Å². The molecule has 2 N–H and O–H groups in total. The van der Waals surface area contributed by atoms with Gasteiger partial charge in [-0.05, 0) is 11.8 Å². The zero-order valence-electron chi connectivity index (χ0n) is 6.58. The Hall–Kier alpha value is -0.760. The van der Waals surface area contributed by atoms with E-state index in [0.29, 0.717) is 0 Å². The van der Waals surface area contributed by atoms with E-state index >= 15 is 0 Å². The highest BCUT2D eigenvalue weighted by atomic mass is 32.2. The smallest absolute Gasteiger partial charge is 0.211 e. The Bertz CT molecular complexity index is 231. The van der Waals surface area contributed by atoms with Crippen LogP contribution in [0.1, 0.15) is 5.56 Å². The van der Waals surface area contributed by atoms with Crippen LogP contribution in [0.25, 0.3) is 0 Å². The van der Waals surface area contributed by atoms with Crippen LogP contribution in [0.4, 0.5) is 0 Å². The summed E-state index contributed by atoms with van der Waals surface area (Å²) in [4.78, 5) is 0. The molecule has 0 fully saturated rings. The van der Waals surface area contributed by atoms with Crippen molar-refractivity contribution in [3.05, 3.63) is 35.9 Å². The molecule has 0 radical (unpaired) electrons. The van der Waals surface area contributed by atoms with Crippen LogP contribution >= 0.6 is 11.8 Å². The molecule has 0 aliphatic carbocycles. The number of benzene rings is 1. The summed E-state index contributed by atoms with van der Waals surface area (Å²) in [6, 6.07) is 10.2. The van der Waals surface area contributed by atoms with Crippen LogP contribution in [-0.2, 0) is 6.42 Å². The third-order valence-corrected chi connectivity index (χ3v) is 2.15. The summed E-state index contributed by atoms with van der Waals surface area (Å²) in [7, 11) is 0. The van der Waals surface area contributed by atoms with Gasteiger partial charge in [-0.15, -0.1) is 0 Å². The van der Waals surface area contributed by atoms with E-state index < -0.39 is 0 Å². The van der Waals surface area contributed by atoms with Crippen molar-refractivity contribution < 1.29 is 5.41 Å². The van der Waals surface area contributed by atoms with E-state index in [2.05, 4.69) is 12.1 Å². The molecular weight excluding hydrogens is 154 g/mol. The normalized spacial score (nSPS) is 9.55. The predicted octanol–water partition coefficient (Wildman–Crippen LogP) is 0.750. The second-order valence-electron chi connectivity index (χ2n) is 2.33. The third-order valence-electron chi connectivity index (χ3n) is 1.48. The number of hydrogen-bond donors (Lipinski definition) is 1. The number of nitrogens with two attached hydrogens (primary N) is 1. The molecular formula is C9H12NS+. The molecule has 0 aliphatic rings. The Morgan fingerprint density at radius 3 is 2.55 bits per heavy atom. The predicted molar refractivity (Wildman–Crippen MR) is 50.6 cm³/mol. The van der Waals surface area contributed by atoms with E-state index in [-0.39, 0.29) is 0 Å². The van der Waals surface area contributed by atoms with E-state index in [4.69, 9.17) is 5.41 Å². The highest BCUT2D eigenvalue weighted by Crippen LogP contribution is 2.03. The maximum Gasteiger partial charge on any atom is 0.211 e. The maximum absolute atomic E-state index is 5.68. The van der Waals surface area contributed by atoms with Crippen molar-refractivity contribution in [2.24, 2.45) is 0 Å². The fourth-order valence-corrected chi connectivity index (χ4v) is 1.18. The van der Waals surface area contributed by atoms with Gasteiger partial charge < -0.3 is 0 Å². The number of hydrogen-bond acceptors (Lipinski definition) is 1. The SMILES string of the molecule is CSC(=[NH2+])Cc1ccccc1. The summed E-state index contributed by atoms with van der Waals surface area (Å²) in [5.74, 6) is 0. The van der Waals surface area contributed by atoms with Gasteiger partial charge in [0.25, 0.3) is 0 Å². The minimum Gasteiger partial charge on any atom is -0.252 e. The van der Waals surface area contributed by atoms with E-state index in [1.54, 1.807) is 11.8 Å². The lowest BCUT2D eigenvalue weighted by Gasteiger charge is -1.94. The minimum absolute atomic E-state index is 0.877. The quantitative estimate of drug-likeness (QED) is 0.509. The van der Waals surface area contributed by atoms with Crippen molar-refractivity contribution in [2.75, 3.05) is 6.26 Å². The van der Waals surface area contributed by atoms with Gasteiger partial charge in [-0.1, -0.05) is 42.1 Å². The van der Waals surface area contributed by atoms with Gasteiger partial charge in [-0.2, -0.15) is 0 Å². The Morgan fingerprint density at radius 2 is 2.00 bits per heavy atom. The van der Waals surface area contributed by atoms with E-state index in [1.165, 1.54) is 5.56 Å². The molecule has 1 nitrogen and oxygen atoms in total. The summed E-state index contributed by atoms with van der Waals surface area (Å²) in [5, 5.41) is 6.65. The van der Waals surface area contributed by atoms with E-state index in [9.17, 15) is 0 Å². The molecule has 0 heterocycles. The second kappa shape index (κ2) is 4.19. The van der Waals surface area contributed by atoms with Crippen molar-refractivity contribution in [2.45, 2.75) is 6.42 Å². The van der Waals surface area contributed by atoms with Crippen molar-refractivity contribution in [1.82, 2.24) is 0 Å². The van der Waals surface area contributed by atoms with Gasteiger partial charge in [0.1, 0.15) is 0 Å². The Labute approximate surface area is 71.3 Å². The van der Waals surface area contributed by atoms with Crippen LogP contribution < -0.4 is 5.41 Å². The van der Waals surface area contributed by atoms with Crippen LogP contribution in [0.5, 0.6) is 0 Å². The molecule has 0 saturated heterocycles. The largest absolute Gasteiger partial charge is 0.252 e. The first-order chi connectivity index (χ1) is 5.33. The average molecular weight is 166 g/mol. The highest BCUT2D eigenvalue weighted by Gasteiger charge is 2.00. The molecule has 0 unspecified atom stereocenters. The van der Waals surface area contributed by atoms with Gasteiger partial charge in [-0.3, -0.25) is 5.41 Å². The van der Waals surface area contributed by atoms with Crippen LogP contribution in [-0.4, -0.2) is 11.3 Å². The lowest BCUT2D eigenvalue weighted by molar-refractivity contribution is -0.110. The number of thioether (sulfide) groups is 1. The van der Waals surface area contributed by atoms with Gasteiger partial charge in [-0.25, -0.2) is 0 Å². The zero-order valence-corrected chi connectivity index (χ0v) is 7.40. The van der Waals surface area contributed by atoms with Gasteiger partial charge in [0.15, 0.2) is 0 Å². The second-order valence-corrected chi connectivity index (χ2v) is 3.27. The molecule has 0 amide bonds. The molecule has 1 rings (SSSR count). The molecule has 0 saturated carbocycles. The Balaban J connectivity index is 2.58. The first-order valence-electron chi connectivity index (χ1n) is 3.52. The zero-order chi connectivity index (χ0) is 8.10. The molecule has 0 atom stereocenters. The monoisotopic (exact) mass is 166 g/mol. The van der Waals surface area contributed by atoms with Crippen molar-refractivity contribution in [3.63, 3.8) is 0 Å². The molecule has 1 aromatic carbocycles. The highest BCUT2D eigenvalue weighted by molar-refractivity contribution is 8.13. The maximum atomic E-state index is 5.68.